The Morgan fingerprint density at radius 1 is 0.971 bits per heavy atom. The topological polar surface area (TPSA) is 59.1 Å². The van der Waals surface area contributed by atoms with Crippen molar-refractivity contribution in [2.24, 2.45) is 0 Å². The fraction of sp³-hybridized carbons (Fsp3) is 0.400. The van der Waals surface area contributed by atoms with E-state index in [2.05, 4.69) is 22.2 Å². The number of nitrogens with zero attached hydrogens (tertiary/aromatic N) is 4. The molecule has 1 atom stereocenters. The Balaban J connectivity index is 1.46. The van der Waals surface area contributed by atoms with Crippen LogP contribution < -0.4 is 10.2 Å². The van der Waals surface area contributed by atoms with Crippen molar-refractivity contribution in [3.8, 4) is 0 Å². The van der Waals surface area contributed by atoms with Crippen LogP contribution in [-0.4, -0.2) is 84.0 Å². The smallest absolute Gasteiger partial charge is 0.256 e. The fourth-order valence-electron chi connectivity index (χ4n) is 4.37. The van der Waals surface area contributed by atoms with E-state index in [-0.39, 0.29) is 18.2 Å². The minimum absolute atomic E-state index is 0.000197. The second kappa shape index (κ2) is 11.7. The van der Waals surface area contributed by atoms with Gasteiger partial charge in [-0.2, -0.15) is 0 Å². The van der Waals surface area contributed by atoms with Crippen LogP contribution in [0.15, 0.2) is 48.5 Å². The number of rotatable bonds is 8. The zero-order valence-electron chi connectivity index (χ0n) is 19.6. The van der Waals surface area contributed by atoms with Gasteiger partial charge < -0.3 is 20.0 Å². The predicted octanol–water partition coefficient (Wildman–Crippen LogP) is 3.96. The molecule has 0 bridgehead atoms. The number of nitrogens with one attached hydrogen (secondary N) is 1. The van der Waals surface area contributed by atoms with Crippen LogP contribution in [0.1, 0.15) is 12.8 Å². The van der Waals surface area contributed by atoms with Crippen molar-refractivity contribution in [3.63, 3.8) is 0 Å². The SMILES string of the molecule is CN1CCN(CCCN2C(=S)N(c3ccc(Cl)cc3)C(=O)C2CC(=O)Nc2ccc(Cl)cc2)CC1. The molecule has 10 heteroatoms. The molecule has 0 spiro atoms. The molecular weight excluding hydrogens is 505 g/mol. The summed E-state index contributed by atoms with van der Waals surface area (Å²) in [5, 5.41) is 4.44. The van der Waals surface area contributed by atoms with Crippen molar-refractivity contribution in [1.29, 1.82) is 0 Å². The zero-order valence-corrected chi connectivity index (χ0v) is 22.0. The first kappa shape index (κ1) is 25.9. The molecule has 7 nitrogen and oxygen atoms in total. The van der Waals surface area contributed by atoms with Gasteiger partial charge in [0.05, 0.1) is 12.1 Å². The summed E-state index contributed by atoms with van der Waals surface area (Å²) >= 11 is 17.7. The number of hydrogen-bond donors (Lipinski definition) is 1. The lowest BCUT2D eigenvalue weighted by atomic mass is 10.1. The number of halogens is 2. The maximum atomic E-state index is 13.5. The Morgan fingerprint density at radius 2 is 1.57 bits per heavy atom. The van der Waals surface area contributed by atoms with Crippen LogP contribution in [0.4, 0.5) is 11.4 Å². The normalized spacial score (nSPS) is 19.5. The van der Waals surface area contributed by atoms with Gasteiger partial charge in [-0.15, -0.1) is 0 Å². The lowest BCUT2D eigenvalue weighted by Crippen LogP contribution is -2.45. The summed E-state index contributed by atoms with van der Waals surface area (Å²) in [6, 6.07) is 13.2. The van der Waals surface area contributed by atoms with Gasteiger partial charge in [0.1, 0.15) is 6.04 Å². The maximum Gasteiger partial charge on any atom is 0.256 e. The van der Waals surface area contributed by atoms with Crippen molar-refractivity contribution >= 4 is 63.7 Å². The van der Waals surface area contributed by atoms with Crippen molar-refractivity contribution < 1.29 is 9.59 Å². The maximum absolute atomic E-state index is 13.5. The molecule has 2 saturated heterocycles. The molecule has 186 valence electrons. The van der Waals surface area contributed by atoms with Gasteiger partial charge in [-0.25, -0.2) is 0 Å². The van der Waals surface area contributed by atoms with Gasteiger partial charge in [0.2, 0.25) is 5.91 Å². The van der Waals surface area contributed by atoms with Gasteiger partial charge in [-0.3, -0.25) is 14.5 Å². The molecule has 0 saturated carbocycles. The van der Waals surface area contributed by atoms with Crippen molar-refractivity contribution in [2.45, 2.75) is 18.9 Å². The van der Waals surface area contributed by atoms with E-state index in [4.69, 9.17) is 35.4 Å². The summed E-state index contributed by atoms with van der Waals surface area (Å²) in [6.07, 6.45) is 0.848. The quantitative estimate of drug-likeness (QED) is 0.518. The monoisotopic (exact) mass is 533 g/mol. The summed E-state index contributed by atoms with van der Waals surface area (Å²) in [5.74, 6) is -0.460. The Kier molecular flexibility index (Phi) is 8.62. The van der Waals surface area contributed by atoms with Crippen LogP contribution in [-0.2, 0) is 9.59 Å². The number of hydrogen-bond acceptors (Lipinski definition) is 5. The molecule has 0 aliphatic carbocycles. The van der Waals surface area contributed by atoms with Crippen molar-refractivity contribution in [1.82, 2.24) is 14.7 Å². The summed E-state index contributed by atoms with van der Waals surface area (Å²) in [5.41, 5.74) is 1.28. The van der Waals surface area contributed by atoms with Crippen LogP contribution in [0.5, 0.6) is 0 Å². The van der Waals surface area contributed by atoms with Gasteiger partial charge >= 0.3 is 0 Å². The van der Waals surface area contributed by atoms with Gasteiger partial charge in [-0.05, 0) is 80.8 Å². The lowest BCUT2D eigenvalue weighted by molar-refractivity contribution is -0.124. The molecule has 2 aromatic rings. The first-order valence-electron chi connectivity index (χ1n) is 11.7. The van der Waals surface area contributed by atoms with E-state index in [9.17, 15) is 9.59 Å². The van der Waals surface area contributed by atoms with E-state index in [1.807, 2.05) is 4.90 Å². The molecule has 4 rings (SSSR count). The number of anilines is 2. The number of carbonyl (C=O) groups is 2. The highest BCUT2D eigenvalue weighted by Gasteiger charge is 2.43. The number of carbonyl (C=O) groups excluding carboxylic acids is 2. The average molecular weight is 535 g/mol. The molecule has 2 fully saturated rings. The largest absolute Gasteiger partial charge is 0.336 e. The van der Waals surface area contributed by atoms with Gasteiger partial charge in [0.15, 0.2) is 5.11 Å². The number of benzene rings is 2. The number of amides is 2. The number of piperazine rings is 1. The van der Waals surface area contributed by atoms with E-state index < -0.39 is 6.04 Å². The Bertz CT molecular complexity index is 1060. The Labute approximate surface area is 221 Å². The van der Waals surface area contributed by atoms with Gasteiger partial charge in [0.25, 0.3) is 5.91 Å². The Hall–Kier alpha value is -2.23. The van der Waals surface area contributed by atoms with Gasteiger partial charge in [0, 0.05) is 48.5 Å². The average Bonchev–Trinajstić information content (AvgIpc) is 3.06. The molecule has 35 heavy (non-hydrogen) atoms. The van der Waals surface area contributed by atoms with E-state index in [1.54, 1.807) is 48.5 Å². The van der Waals surface area contributed by atoms with Crippen LogP contribution >= 0.6 is 35.4 Å². The standard InChI is InChI=1S/C25H29Cl2N5O2S/c1-29-13-15-30(16-14-29)11-2-12-31-22(17-23(33)28-20-7-3-18(26)4-8-20)24(34)32(25(31)35)21-9-5-19(27)6-10-21/h3-10,22H,2,11-17H2,1H3,(H,28,33). The highest BCUT2D eigenvalue weighted by Crippen LogP contribution is 2.29. The first-order valence-corrected chi connectivity index (χ1v) is 12.8. The first-order chi connectivity index (χ1) is 16.8. The van der Waals surface area contributed by atoms with E-state index in [1.165, 1.54) is 4.90 Å². The molecule has 1 unspecified atom stereocenters. The zero-order chi connectivity index (χ0) is 24.9. The molecule has 2 heterocycles. The fourth-order valence-corrected chi connectivity index (χ4v) is 5.04. The second-order valence-electron chi connectivity index (χ2n) is 8.90. The van der Waals surface area contributed by atoms with Crippen molar-refractivity contribution in [2.75, 3.05) is 56.5 Å². The van der Waals surface area contributed by atoms with E-state index in [0.29, 0.717) is 33.1 Å². The number of likely N-dealkylation sites (N-methyl/N-ethyl adjacent to an activating group) is 1. The van der Waals surface area contributed by atoms with Crippen LogP contribution in [0.3, 0.4) is 0 Å². The highest BCUT2D eigenvalue weighted by molar-refractivity contribution is 7.80. The van der Waals surface area contributed by atoms with Gasteiger partial charge in [-0.1, -0.05) is 23.2 Å². The second-order valence-corrected chi connectivity index (χ2v) is 10.1. The molecule has 1 N–H and O–H groups in total. The van der Waals surface area contributed by atoms with Crippen LogP contribution in [0, 0.1) is 0 Å². The third-order valence-corrected chi connectivity index (χ3v) is 7.30. The molecule has 2 amide bonds. The van der Waals surface area contributed by atoms with E-state index >= 15 is 0 Å². The predicted molar refractivity (Wildman–Crippen MR) is 145 cm³/mol. The third kappa shape index (κ3) is 6.51. The highest BCUT2D eigenvalue weighted by atomic mass is 35.5. The summed E-state index contributed by atoms with van der Waals surface area (Å²) in [7, 11) is 2.14. The molecule has 0 aromatic heterocycles. The summed E-state index contributed by atoms with van der Waals surface area (Å²) < 4.78 is 0. The lowest BCUT2D eigenvalue weighted by Gasteiger charge is -2.33. The van der Waals surface area contributed by atoms with Crippen LogP contribution in [0.25, 0.3) is 0 Å². The molecule has 2 aliphatic rings. The van der Waals surface area contributed by atoms with E-state index in [0.717, 1.165) is 39.1 Å². The molecular formula is C25H29Cl2N5O2S. The number of thiocarbonyl (C=S) groups is 1. The minimum Gasteiger partial charge on any atom is -0.336 e. The molecule has 2 aromatic carbocycles. The molecule has 2 aliphatic heterocycles. The summed E-state index contributed by atoms with van der Waals surface area (Å²) in [6.45, 7) is 5.69. The summed E-state index contributed by atoms with van der Waals surface area (Å²) in [4.78, 5) is 34.5. The minimum atomic E-state index is -0.669. The van der Waals surface area contributed by atoms with Crippen molar-refractivity contribution in [3.05, 3.63) is 58.6 Å². The third-order valence-electron chi connectivity index (χ3n) is 6.38. The van der Waals surface area contributed by atoms with Crippen LogP contribution in [0.2, 0.25) is 10.0 Å². The Morgan fingerprint density at radius 3 is 2.20 bits per heavy atom. The molecule has 0 radical (unpaired) electrons.